The zero-order chi connectivity index (χ0) is 31.2. The molecule has 0 saturated heterocycles. The molecular weight excluding hydrogens is 609 g/mol. The van der Waals surface area contributed by atoms with Crippen molar-refractivity contribution in [1.82, 2.24) is 35.7 Å². The van der Waals surface area contributed by atoms with E-state index in [1.54, 1.807) is 48.5 Å². The minimum atomic E-state index is -1.17. The van der Waals surface area contributed by atoms with Gasteiger partial charge in [-0.15, -0.1) is 15.3 Å². The number of rotatable bonds is 5. The Morgan fingerprint density at radius 2 is 1.98 bits per heavy atom. The number of carboxylic acid groups (broad SMARTS) is 1. The lowest BCUT2D eigenvalue weighted by atomic mass is 9.96. The Morgan fingerprint density at radius 3 is 2.75 bits per heavy atom. The van der Waals surface area contributed by atoms with Crippen LogP contribution in [0.25, 0.3) is 23.0 Å². The Bertz CT molecular complexity index is 1780. The first kappa shape index (κ1) is 30.3. The predicted octanol–water partition coefficient (Wildman–Crippen LogP) is 5.09. The van der Waals surface area contributed by atoms with Crippen molar-refractivity contribution in [1.29, 1.82) is 0 Å². The quantitative estimate of drug-likeness (QED) is 0.200. The Hall–Kier alpha value is -5.14. The fourth-order valence-electron chi connectivity index (χ4n) is 4.58. The van der Waals surface area contributed by atoms with E-state index < -0.39 is 18.0 Å². The average molecular weight is 634 g/mol. The van der Waals surface area contributed by atoms with Gasteiger partial charge in [-0.1, -0.05) is 35.4 Å². The van der Waals surface area contributed by atoms with Gasteiger partial charge in [-0.05, 0) is 71.8 Å². The Balaban J connectivity index is 1.52. The number of hydrogen-bond acceptors (Lipinski definition) is 8. The van der Waals surface area contributed by atoms with E-state index in [4.69, 9.17) is 23.2 Å². The van der Waals surface area contributed by atoms with Gasteiger partial charge < -0.3 is 15.7 Å². The maximum atomic E-state index is 13.3. The van der Waals surface area contributed by atoms with E-state index in [9.17, 15) is 19.5 Å². The predicted molar refractivity (Wildman–Crippen MR) is 165 cm³/mol. The molecule has 44 heavy (non-hydrogen) atoms. The molecular formula is C29H25Cl2N9O4. The van der Waals surface area contributed by atoms with E-state index in [1.807, 2.05) is 12.2 Å². The highest BCUT2D eigenvalue weighted by Crippen LogP contribution is 2.36. The van der Waals surface area contributed by atoms with E-state index in [-0.39, 0.29) is 17.5 Å². The molecule has 1 atom stereocenters. The summed E-state index contributed by atoms with van der Waals surface area (Å²) in [7, 11) is 1.40. The number of allylic oxidation sites excluding steroid dienone is 1. The van der Waals surface area contributed by atoms with Gasteiger partial charge in [0, 0.05) is 46.9 Å². The molecule has 1 aliphatic heterocycles. The van der Waals surface area contributed by atoms with Gasteiger partial charge in [0.2, 0.25) is 11.8 Å². The molecule has 0 fully saturated rings. The van der Waals surface area contributed by atoms with Crippen molar-refractivity contribution >= 4 is 58.6 Å². The molecule has 13 nitrogen and oxygen atoms in total. The van der Waals surface area contributed by atoms with Crippen molar-refractivity contribution in [3.8, 4) is 16.9 Å². The van der Waals surface area contributed by atoms with Crippen LogP contribution >= 0.6 is 23.2 Å². The largest absolute Gasteiger partial charge is 0.465 e. The standard InChI is InChI=1S/C29H25Cl2N9O4/c1-39(29(43)44)19-9-10-20-23(14-19)34-26(41)6-4-2-3-5-22(21-15-25(31)35-36-28(20)21)33-27(42)12-7-17-13-18(30)8-11-24(17)40-16-32-37-38-40/h2-3,7-16,22H,4-6H2,1H3,(H,33,42)(H,34,41)(H,43,44). The molecule has 3 heterocycles. The maximum Gasteiger partial charge on any atom is 0.411 e. The van der Waals surface area contributed by atoms with Gasteiger partial charge in [-0.2, -0.15) is 4.68 Å². The third kappa shape index (κ3) is 7.07. The summed E-state index contributed by atoms with van der Waals surface area (Å²) in [5.41, 5.74) is 3.28. The smallest absolute Gasteiger partial charge is 0.411 e. The van der Waals surface area contributed by atoms with Crippen LogP contribution in [0.1, 0.15) is 36.4 Å². The molecule has 1 unspecified atom stereocenters. The fourth-order valence-corrected chi connectivity index (χ4v) is 4.92. The zero-order valence-corrected chi connectivity index (χ0v) is 24.7. The monoisotopic (exact) mass is 633 g/mol. The van der Waals surface area contributed by atoms with Crippen LogP contribution in [0.15, 0.2) is 67.0 Å². The number of benzene rings is 2. The van der Waals surface area contributed by atoms with Crippen molar-refractivity contribution in [3.63, 3.8) is 0 Å². The lowest BCUT2D eigenvalue weighted by molar-refractivity contribution is -0.117. The Morgan fingerprint density at radius 1 is 1.14 bits per heavy atom. The molecule has 0 spiro atoms. The number of carbonyl (C=O) groups is 3. The molecule has 0 radical (unpaired) electrons. The number of anilines is 2. The van der Waals surface area contributed by atoms with Gasteiger partial charge in [0.05, 0.1) is 17.4 Å². The second-order valence-electron chi connectivity index (χ2n) is 9.69. The highest BCUT2D eigenvalue weighted by molar-refractivity contribution is 6.30. The SMILES string of the molecule is CN(C(=O)O)c1ccc2c(c1)NC(=O)CCC=CCC(NC(=O)C=Cc1cc(Cl)ccc1-n1cnnn1)c1cc(Cl)nnc1-2. The summed E-state index contributed by atoms with van der Waals surface area (Å²) >= 11 is 12.5. The molecule has 3 amide bonds. The van der Waals surface area contributed by atoms with Crippen molar-refractivity contribution in [3.05, 3.63) is 88.3 Å². The number of hydrogen-bond donors (Lipinski definition) is 3. The Kier molecular flexibility index (Phi) is 9.26. The minimum Gasteiger partial charge on any atom is -0.465 e. The fraction of sp³-hybridized carbons (Fsp3) is 0.172. The third-order valence-corrected chi connectivity index (χ3v) is 7.19. The first-order valence-corrected chi connectivity index (χ1v) is 14.1. The molecule has 3 N–H and O–H groups in total. The van der Waals surface area contributed by atoms with Crippen LogP contribution in [-0.2, 0) is 9.59 Å². The first-order valence-electron chi connectivity index (χ1n) is 13.3. The third-order valence-electron chi connectivity index (χ3n) is 6.77. The number of carbonyl (C=O) groups excluding carboxylic acids is 2. The summed E-state index contributed by atoms with van der Waals surface area (Å²) in [6, 6.07) is 10.9. The highest BCUT2D eigenvalue weighted by Gasteiger charge is 2.23. The summed E-state index contributed by atoms with van der Waals surface area (Å²) in [6.07, 6.45) is 7.97. The van der Waals surface area contributed by atoms with Crippen LogP contribution in [0, 0.1) is 0 Å². The molecule has 5 rings (SSSR count). The summed E-state index contributed by atoms with van der Waals surface area (Å²) < 4.78 is 1.46. The molecule has 15 heteroatoms. The average Bonchev–Trinajstić information content (AvgIpc) is 3.53. The van der Waals surface area contributed by atoms with Crippen LogP contribution in [0.2, 0.25) is 10.2 Å². The zero-order valence-electron chi connectivity index (χ0n) is 23.2. The highest BCUT2D eigenvalue weighted by atomic mass is 35.5. The van der Waals surface area contributed by atoms with Crippen molar-refractivity contribution in [2.75, 3.05) is 17.3 Å². The number of aromatic nitrogens is 6. The number of nitrogens with one attached hydrogen (secondary N) is 2. The molecule has 1 aliphatic rings. The van der Waals surface area contributed by atoms with Crippen LogP contribution in [0.5, 0.6) is 0 Å². The molecule has 2 aromatic heterocycles. The van der Waals surface area contributed by atoms with Crippen molar-refractivity contribution in [2.45, 2.75) is 25.3 Å². The molecule has 224 valence electrons. The molecule has 0 saturated carbocycles. The molecule has 2 aromatic carbocycles. The summed E-state index contributed by atoms with van der Waals surface area (Å²) in [4.78, 5) is 38.7. The molecule has 4 aromatic rings. The second-order valence-corrected chi connectivity index (χ2v) is 10.5. The summed E-state index contributed by atoms with van der Waals surface area (Å²) in [6.45, 7) is 0. The van der Waals surface area contributed by atoms with Gasteiger partial charge >= 0.3 is 6.09 Å². The van der Waals surface area contributed by atoms with E-state index in [1.165, 1.54) is 24.1 Å². The van der Waals surface area contributed by atoms with Crippen LogP contribution < -0.4 is 15.5 Å². The number of amides is 3. The number of nitrogens with zero attached hydrogens (tertiary/aromatic N) is 7. The minimum absolute atomic E-state index is 0.104. The van der Waals surface area contributed by atoms with E-state index in [2.05, 4.69) is 36.4 Å². The second kappa shape index (κ2) is 13.4. The van der Waals surface area contributed by atoms with Crippen molar-refractivity contribution in [2.24, 2.45) is 0 Å². The number of halogens is 2. The Labute approximate surface area is 261 Å². The van der Waals surface area contributed by atoms with Gasteiger partial charge in [0.15, 0.2) is 5.15 Å². The van der Waals surface area contributed by atoms with Crippen LogP contribution in [0.3, 0.4) is 0 Å². The lowest BCUT2D eigenvalue weighted by Gasteiger charge is -2.22. The topological polar surface area (TPSA) is 168 Å². The number of tetrazole rings is 1. The van der Waals surface area contributed by atoms with E-state index >= 15 is 0 Å². The summed E-state index contributed by atoms with van der Waals surface area (Å²) in [5.74, 6) is -0.670. The molecule has 0 aliphatic carbocycles. The maximum absolute atomic E-state index is 13.3. The van der Waals surface area contributed by atoms with Crippen LogP contribution in [0.4, 0.5) is 16.2 Å². The van der Waals surface area contributed by atoms with Crippen LogP contribution in [-0.4, -0.2) is 60.5 Å². The lowest BCUT2D eigenvalue weighted by Crippen LogP contribution is -2.27. The first-order chi connectivity index (χ1) is 21.2. The van der Waals surface area contributed by atoms with Gasteiger partial charge in [0.25, 0.3) is 0 Å². The van der Waals surface area contributed by atoms with Crippen molar-refractivity contribution < 1.29 is 19.5 Å². The summed E-state index contributed by atoms with van der Waals surface area (Å²) in [5, 5.41) is 35.5. The van der Waals surface area contributed by atoms with Gasteiger partial charge in [0.1, 0.15) is 12.0 Å². The van der Waals surface area contributed by atoms with E-state index in [0.717, 1.165) is 4.90 Å². The van der Waals surface area contributed by atoms with Gasteiger partial charge in [-0.25, -0.2) is 4.79 Å². The van der Waals surface area contributed by atoms with Gasteiger partial charge in [-0.3, -0.25) is 14.5 Å². The number of fused-ring (bicyclic) bond motifs is 3. The normalized spacial score (nSPS) is 15.0. The van der Waals surface area contributed by atoms with E-state index in [0.29, 0.717) is 57.3 Å². The molecule has 0 bridgehead atoms.